The van der Waals surface area contributed by atoms with Gasteiger partial charge in [-0.1, -0.05) is 0 Å². The Morgan fingerprint density at radius 2 is 1.50 bits per heavy atom. The van der Waals surface area contributed by atoms with Gasteiger partial charge in [-0.3, -0.25) is 0 Å². The maximum atomic E-state index is 8.56. The van der Waals surface area contributed by atoms with Crippen LogP contribution in [0.3, 0.4) is 0 Å². The van der Waals surface area contributed by atoms with E-state index < -0.39 is 6.16 Å². The van der Waals surface area contributed by atoms with Crippen LogP contribution >= 0.6 is 0 Å². The van der Waals surface area contributed by atoms with E-state index in [1.165, 1.54) is 0 Å². The van der Waals surface area contributed by atoms with Crippen LogP contribution in [-0.4, -0.2) is 21.8 Å². The van der Waals surface area contributed by atoms with Crippen LogP contribution in [0.1, 0.15) is 1.43 Å². The fourth-order valence-corrected chi connectivity index (χ4v) is 0. The van der Waals surface area contributed by atoms with Gasteiger partial charge in [-0.2, -0.15) is 0 Å². The summed E-state index contributed by atoms with van der Waals surface area (Å²) in [6.45, 7) is 0. The Kier molecular flexibility index (Phi) is 24.4. The van der Waals surface area contributed by atoms with Crippen molar-refractivity contribution in [1.82, 2.24) is 0 Å². The SMILES string of the molecule is O.O=C(O)O.[H-].[Na+]. The summed E-state index contributed by atoms with van der Waals surface area (Å²) in [5.41, 5.74) is 0. The predicted octanol–water partition coefficient (Wildman–Crippen LogP) is -3.49. The average Bonchev–Trinajstić information content (AvgIpc) is 0.811. The van der Waals surface area contributed by atoms with E-state index in [9.17, 15) is 0 Å². The second-order valence-electron chi connectivity index (χ2n) is 0.283. The van der Waals surface area contributed by atoms with Crippen LogP contribution in [0.5, 0.6) is 0 Å². The van der Waals surface area contributed by atoms with Gasteiger partial charge < -0.3 is 17.1 Å². The van der Waals surface area contributed by atoms with Gasteiger partial charge in [0.05, 0.1) is 0 Å². The summed E-state index contributed by atoms with van der Waals surface area (Å²) >= 11 is 0. The van der Waals surface area contributed by atoms with Crippen molar-refractivity contribution in [3.8, 4) is 0 Å². The molecule has 34 valence electrons. The van der Waals surface area contributed by atoms with Gasteiger partial charge in [0, 0.05) is 0 Å². The van der Waals surface area contributed by atoms with Crippen molar-refractivity contribution in [2.24, 2.45) is 0 Å². The van der Waals surface area contributed by atoms with Crippen LogP contribution in [-0.2, 0) is 0 Å². The Labute approximate surface area is 57.9 Å². The van der Waals surface area contributed by atoms with E-state index in [1.54, 1.807) is 0 Å². The zero-order chi connectivity index (χ0) is 3.58. The molecule has 0 unspecified atom stereocenters. The van der Waals surface area contributed by atoms with Gasteiger partial charge in [0.15, 0.2) is 0 Å². The molecule has 0 heterocycles. The summed E-state index contributed by atoms with van der Waals surface area (Å²) in [5.74, 6) is 0. The van der Waals surface area contributed by atoms with Crippen molar-refractivity contribution in [1.29, 1.82) is 0 Å². The number of carboxylic acid groups (broad SMARTS) is 2. The van der Waals surface area contributed by atoms with E-state index >= 15 is 0 Å². The molecule has 0 aromatic carbocycles. The minimum Gasteiger partial charge on any atom is -1.00 e. The van der Waals surface area contributed by atoms with Gasteiger partial charge >= 0.3 is 35.7 Å². The van der Waals surface area contributed by atoms with Crippen molar-refractivity contribution >= 4 is 6.16 Å². The van der Waals surface area contributed by atoms with Crippen LogP contribution in [0.25, 0.3) is 0 Å². The molecule has 5 heteroatoms. The molecule has 4 N–H and O–H groups in total. The quantitative estimate of drug-likeness (QED) is 0.313. The molecule has 0 spiro atoms. The summed E-state index contributed by atoms with van der Waals surface area (Å²) in [7, 11) is 0. The van der Waals surface area contributed by atoms with Crippen molar-refractivity contribution < 1.29 is 51.5 Å². The third kappa shape index (κ3) is 834. The molecule has 0 aliphatic carbocycles. The molecule has 0 amide bonds. The van der Waals surface area contributed by atoms with Gasteiger partial charge in [0.2, 0.25) is 0 Å². The Bertz CT molecular complexity index is 34.7. The third-order valence-corrected chi connectivity index (χ3v) is 0. The molecule has 0 aliphatic heterocycles. The largest absolute Gasteiger partial charge is 1.00 e. The molecule has 6 heavy (non-hydrogen) atoms. The first-order valence-electron chi connectivity index (χ1n) is 0.651. The second-order valence-corrected chi connectivity index (χ2v) is 0.283. The van der Waals surface area contributed by atoms with Crippen molar-refractivity contribution in [3.05, 3.63) is 0 Å². The van der Waals surface area contributed by atoms with Gasteiger partial charge in [-0.25, -0.2) is 4.79 Å². The van der Waals surface area contributed by atoms with Crippen molar-refractivity contribution in [2.45, 2.75) is 0 Å². The summed E-state index contributed by atoms with van der Waals surface area (Å²) in [6.07, 6.45) is -1.83. The standard InChI is InChI=1S/CH2O3.Na.H2O.H/c2-1(3)4;;;/h(H2,2,3,4);;1H2;/q;+1;;-1. The van der Waals surface area contributed by atoms with Crippen molar-refractivity contribution in [3.63, 3.8) is 0 Å². The molecule has 0 radical (unpaired) electrons. The Morgan fingerprint density at radius 1 is 1.50 bits per heavy atom. The minimum atomic E-state index is -1.83. The number of hydrogen-bond acceptors (Lipinski definition) is 1. The Morgan fingerprint density at radius 3 is 1.50 bits per heavy atom. The molecule has 0 atom stereocenters. The zero-order valence-corrected chi connectivity index (χ0v) is 5.30. The Hall–Kier alpha value is 0.230. The van der Waals surface area contributed by atoms with E-state index in [2.05, 4.69) is 0 Å². The topological polar surface area (TPSA) is 89.0 Å². The van der Waals surface area contributed by atoms with Gasteiger partial charge in [-0.15, -0.1) is 0 Å². The monoisotopic (exact) mass is 104 g/mol. The van der Waals surface area contributed by atoms with E-state index in [0.29, 0.717) is 0 Å². The molecular formula is CH5NaO4. The van der Waals surface area contributed by atoms with E-state index in [-0.39, 0.29) is 36.5 Å². The average molecular weight is 104 g/mol. The molecule has 0 rings (SSSR count). The van der Waals surface area contributed by atoms with Crippen LogP contribution in [0.4, 0.5) is 4.79 Å². The summed E-state index contributed by atoms with van der Waals surface area (Å²) in [4.78, 5) is 8.56. The van der Waals surface area contributed by atoms with Crippen LogP contribution in [0.2, 0.25) is 0 Å². The van der Waals surface area contributed by atoms with E-state index in [0.717, 1.165) is 0 Å². The summed E-state index contributed by atoms with van der Waals surface area (Å²) < 4.78 is 0. The summed E-state index contributed by atoms with van der Waals surface area (Å²) in [5, 5.41) is 13.9. The van der Waals surface area contributed by atoms with Crippen molar-refractivity contribution in [2.75, 3.05) is 0 Å². The normalized spacial score (nSPS) is 4.00. The summed E-state index contributed by atoms with van der Waals surface area (Å²) in [6, 6.07) is 0. The first kappa shape index (κ1) is 16.3. The van der Waals surface area contributed by atoms with E-state index in [1.807, 2.05) is 0 Å². The van der Waals surface area contributed by atoms with Gasteiger partial charge in [0.1, 0.15) is 0 Å². The van der Waals surface area contributed by atoms with Gasteiger partial charge in [-0.05, 0) is 0 Å². The molecule has 0 aromatic rings. The van der Waals surface area contributed by atoms with E-state index in [4.69, 9.17) is 15.0 Å². The fraction of sp³-hybridized carbons (Fsp3) is 0. The smallest absolute Gasteiger partial charge is 1.00 e. The van der Waals surface area contributed by atoms with Crippen LogP contribution < -0.4 is 29.6 Å². The maximum Gasteiger partial charge on any atom is 1.00 e. The zero-order valence-electron chi connectivity index (χ0n) is 4.30. The molecule has 0 bridgehead atoms. The molecule has 0 fully saturated rings. The van der Waals surface area contributed by atoms with Gasteiger partial charge in [0.25, 0.3) is 0 Å². The first-order chi connectivity index (χ1) is 1.73. The second kappa shape index (κ2) is 8.97. The molecule has 4 nitrogen and oxygen atoms in total. The van der Waals surface area contributed by atoms with Crippen LogP contribution in [0.15, 0.2) is 0 Å². The third-order valence-electron chi connectivity index (χ3n) is 0. The maximum absolute atomic E-state index is 8.56. The fourth-order valence-electron chi connectivity index (χ4n) is 0. The molecule has 0 aromatic heterocycles. The number of carbonyl (C=O) groups is 1. The Balaban J connectivity index is -0.0000000150. The predicted molar refractivity (Wildman–Crippen MR) is 15.4 cm³/mol. The molecule has 0 aliphatic rings. The minimum absolute atomic E-state index is 0. The molecular weight excluding hydrogens is 99.0 g/mol. The number of hydrogen-bond donors (Lipinski definition) is 2. The van der Waals surface area contributed by atoms with Crippen LogP contribution in [0, 0.1) is 0 Å². The molecule has 0 saturated heterocycles. The first-order valence-corrected chi connectivity index (χ1v) is 0.651. The molecule has 0 saturated carbocycles. The number of rotatable bonds is 0.